The predicted molar refractivity (Wildman–Crippen MR) is 117 cm³/mol. The van der Waals surface area contributed by atoms with Crippen molar-refractivity contribution in [2.75, 3.05) is 13.1 Å². The van der Waals surface area contributed by atoms with Gasteiger partial charge in [0.25, 0.3) is 0 Å². The Bertz CT molecular complexity index is 1150. The molecule has 6 heteroatoms. The second kappa shape index (κ2) is 8.80. The minimum absolute atomic E-state index is 0.135. The summed E-state index contributed by atoms with van der Waals surface area (Å²) in [6.07, 6.45) is 0.763. The number of benzene rings is 3. The van der Waals surface area contributed by atoms with Gasteiger partial charge in [0, 0.05) is 25.7 Å². The van der Waals surface area contributed by atoms with Gasteiger partial charge in [0.1, 0.15) is 0 Å². The van der Waals surface area contributed by atoms with Crippen molar-refractivity contribution in [2.45, 2.75) is 23.9 Å². The number of hydrogen-bond donors (Lipinski definition) is 1. The third-order valence-electron chi connectivity index (χ3n) is 5.33. The van der Waals surface area contributed by atoms with Crippen LogP contribution in [0.1, 0.15) is 17.5 Å². The number of nitriles is 1. The van der Waals surface area contributed by atoms with E-state index in [0.717, 1.165) is 19.5 Å². The molecule has 1 saturated heterocycles. The summed E-state index contributed by atoms with van der Waals surface area (Å²) >= 11 is 0. The van der Waals surface area contributed by atoms with Gasteiger partial charge in [-0.2, -0.15) is 5.26 Å². The molecule has 0 saturated carbocycles. The fourth-order valence-corrected chi connectivity index (χ4v) is 5.09. The number of nitrogens with one attached hydrogen (secondary N) is 1. The number of sulfonamides is 1. The van der Waals surface area contributed by atoms with E-state index < -0.39 is 10.0 Å². The monoisotopic (exact) mass is 417 g/mol. The summed E-state index contributed by atoms with van der Waals surface area (Å²) < 4.78 is 28.1. The van der Waals surface area contributed by atoms with Crippen LogP contribution in [0, 0.1) is 11.3 Å². The molecular weight excluding hydrogens is 394 g/mol. The smallest absolute Gasteiger partial charge is 0.240 e. The molecule has 3 aromatic carbocycles. The zero-order chi connectivity index (χ0) is 21.0. The maximum absolute atomic E-state index is 12.7. The molecule has 1 aliphatic heterocycles. The van der Waals surface area contributed by atoms with E-state index in [-0.39, 0.29) is 10.9 Å². The molecule has 152 valence electrons. The van der Waals surface area contributed by atoms with Gasteiger partial charge in [-0.15, -0.1) is 0 Å². The van der Waals surface area contributed by atoms with Gasteiger partial charge in [0.05, 0.1) is 16.5 Å². The van der Waals surface area contributed by atoms with Gasteiger partial charge in [-0.1, -0.05) is 60.7 Å². The van der Waals surface area contributed by atoms with Crippen molar-refractivity contribution in [3.63, 3.8) is 0 Å². The van der Waals surface area contributed by atoms with Crippen LogP contribution in [-0.2, 0) is 16.6 Å². The van der Waals surface area contributed by atoms with Gasteiger partial charge >= 0.3 is 0 Å². The maximum Gasteiger partial charge on any atom is 0.240 e. The topological polar surface area (TPSA) is 73.2 Å². The standard InChI is InChI=1S/C24H23N3O2S/c25-16-20-5-4-8-24(15-20)30(28,29)26-23-13-14-27(18-23)17-19-9-11-22(12-10-19)21-6-2-1-3-7-21/h1-12,15,23,26H,13-14,17-18H2. The van der Waals surface area contributed by atoms with Gasteiger partial charge in [0.15, 0.2) is 0 Å². The van der Waals surface area contributed by atoms with Gasteiger partial charge in [-0.05, 0) is 41.3 Å². The Labute approximate surface area is 177 Å². The molecule has 0 amide bonds. The molecule has 1 aliphatic rings. The largest absolute Gasteiger partial charge is 0.297 e. The second-order valence-electron chi connectivity index (χ2n) is 7.54. The van der Waals surface area contributed by atoms with Crippen LogP contribution in [-0.4, -0.2) is 32.4 Å². The normalized spacial score (nSPS) is 17.0. The van der Waals surface area contributed by atoms with Crippen molar-refractivity contribution in [3.8, 4) is 17.2 Å². The molecule has 1 unspecified atom stereocenters. The molecule has 1 atom stereocenters. The van der Waals surface area contributed by atoms with Crippen LogP contribution in [0.4, 0.5) is 0 Å². The Morgan fingerprint density at radius 1 is 0.967 bits per heavy atom. The van der Waals surface area contributed by atoms with Crippen molar-refractivity contribution in [1.82, 2.24) is 9.62 Å². The second-order valence-corrected chi connectivity index (χ2v) is 9.26. The van der Waals surface area contributed by atoms with Crippen LogP contribution >= 0.6 is 0 Å². The molecule has 1 N–H and O–H groups in total. The van der Waals surface area contributed by atoms with Crippen molar-refractivity contribution < 1.29 is 8.42 Å². The molecule has 0 aliphatic carbocycles. The van der Waals surface area contributed by atoms with Gasteiger partial charge in [-0.25, -0.2) is 13.1 Å². The third kappa shape index (κ3) is 4.77. The van der Waals surface area contributed by atoms with Gasteiger partial charge < -0.3 is 0 Å². The highest BCUT2D eigenvalue weighted by molar-refractivity contribution is 7.89. The van der Waals surface area contributed by atoms with E-state index in [9.17, 15) is 8.42 Å². The Hall–Kier alpha value is -2.98. The highest BCUT2D eigenvalue weighted by Crippen LogP contribution is 2.21. The molecule has 1 fully saturated rings. The average Bonchev–Trinajstić information content (AvgIpc) is 3.21. The van der Waals surface area contributed by atoms with Crippen LogP contribution in [0.25, 0.3) is 11.1 Å². The first kappa shape index (κ1) is 20.3. The first-order chi connectivity index (χ1) is 14.5. The zero-order valence-electron chi connectivity index (χ0n) is 16.5. The molecule has 4 rings (SSSR count). The number of hydrogen-bond acceptors (Lipinski definition) is 4. The molecule has 0 spiro atoms. The van der Waals surface area contributed by atoms with E-state index in [4.69, 9.17) is 5.26 Å². The van der Waals surface area contributed by atoms with E-state index in [2.05, 4.69) is 46.0 Å². The lowest BCUT2D eigenvalue weighted by atomic mass is 10.0. The average molecular weight is 418 g/mol. The summed E-state index contributed by atoms with van der Waals surface area (Å²) in [5.74, 6) is 0. The number of nitrogens with zero attached hydrogens (tertiary/aromatic N) is 2. The van der Waals surface area contributed by atoms with Gasteiger partial charge in [-0.3, -0.25) is 4.90 Å². The van der Waals surface area contributed by atoms with E-state index in [1.165, 1.54) is 28.8 Å². The van der Waals surface area contributed by atoms with E-state index >= 15 is 0 Å². The molecule has 0 bridgehead atoms. The Morgan fingerprint density at radius 2 is 1.70 bits per heavy atom. The van der Waals surface area contributed by atoms with Crippen molar-refractivity contribution in [3.05, 3.63) is 90.0 Å². The highest BCUT2D eigenvalue weighted by atomic mass is 32.2. The molecule has 3 aromatic rings. The van der Waals surface area contributed by atoms with Crippen LogP contribution in [0.5, 0.6) is 0 Å². The molecular formula is C24H23N3O2S. The maximum atomic E-state index is 12.7. The van der Waals surface area contributed by atoms with Crippen LogP contribution in [0.2, 0.25) is 0 Å². The summed E-state index contributed by atoms with van der Waals surface area (Å²) in [7, 11) is -3.64. The fraction of sp³-hybridized carbons (Fsp3) is 0.208. The van der Waals surface area contributed by atoms with Crippen LogP contribution in [0.3, 0.4) is 0 Å². The van der Waals surface area contributed by atoms with Gasteiger partial charge in [0.2, 0.25) is 10.0 Å². The minimum atomic E-state index is -3.64. The van der Waals surface area contributed by atoms with Crippen molar-refractivity contribution >= 4 is 10.0 Å². The van der Waals surface area contributed by atoms with Crippen molar-refractivity contribution in [1.29, 1.82) is 5.26 Å². The first-order valence-corrected chi connectivity index (χ1v) is 11.4. The predicted octanol–water partition coefficient (Wildman–Crippen LogP) is 3.78. The number of rotatable bonds is 6. The van der Waals surface area contributed by atoms with E-state index in [1.807, 2.05) is 24.3 Å². The Balaban J connectivity index is 1.36. The molecule has 1 heterocycles. The summed E-state index contributed by atoms with van der Waals surface area (Å²) in [6.45, 7) is 2.29. The quantitative estimate of drug-likeness (QED) is 0.662. The van der Waals surface area contributed by atoms with E-state index in [0.29, 0.717) is 12.1 Å². The summed E-state index contributed by atoms with van der Waals surface area (Å²) in [6, 6.07) is 26.7. The highest BCUT2D eigenvalue weighted by Gasteiger charge is 2.27. The van der Waals surface area contributed by atoms with E-state index in [1.54, 1.807) is 12.1 Å². The van der Waals surface area contributed by atoms with Crippen molar-refractivity contribution in [2.24, 2.45) is 0 Å². The SMILES string of the molecule is N#Cc1cccc(S(=O)(=O)NC2CCN(Cc3ccc(-c4ccccc4)cc3)C2)c1. The summed E-state index contributed by atoms with van der Waals surface area (Å²) in [5.41, 5.74) is 3.93. The van der Waals surface area contributed by atoms with Crippen LogP contribution < -0.4 is 4.72 Å². The lowest BCUT2D eigenvalue weighted by Gasteiger charge is -2.17. The molecule has 30 heavy (non-hydrogen) atoms. The Morgan fingerprint density at radius 3 is 2.43 bits per heavy atom. The molecule has 0 aromatic heterocycles. The lowest BCUT2D eigenvalue weighted by molar-refractivity contribution is 0.324. The number of likely N-dealkylation sites (tertiary alicyclic amines) is 1. The first-order valence-electron chi connectivity index (χ1n) is 9.93. The third-order valence-corrected chi connectivity index (χ3v) is 6.85. The Kier molecular flexibility index (Phi) is 5.96. The summed E-state index contributed by atoms with van der Waals surface area (Å²) in [4.78, 5) is 2.40. The minimum Gasteiger partial charge on any atom is -0.297 e. The lowest BCUT2D eigenvalue weighted by Crippen LogP contribution is -2.37. The molecule has 5 nitrogen and oxygen atoms in total. The summed E-state index contributed by atoms with van der Waals surface area (Å²) in [5, 5.41) is 9.00. The van der Waals surface area contributed by atoms with Crippen LogP contribution in [0.15, 0.2) is 83.8 Å². The zero-order valence-corrected chi connectivity index (χ0v) is 17.3. The molecule has 0 radical (unpaired) electrons. The fourth-order valence-electron chi connectivity index (χ4n) is 3.78.